The first-order valence-electron chi connectivity index (χ1n) is 7.17. The highest BCUT2D eigenvalue weighted by Gasteiger charge is 2.35. The molecule has 0 unspecified atom stereocenters. The fraction of sp³-hybridized carbons (Fsp3) is 0.333. The molecule has 2 N–H and O–H groups in total. The summed E-state index contributed by atoms with van der Waals surface area (Å²) in [4.78, 5) is 22.6. The van der Waals surface area contributed by atoms with Gasteiger partial charge in [0.2, 0.25) is 0 Å². The van der Waals surface area contributed by atoms with Crippen LogP contribution in [0.25, 0.3) is 0 Å². The van der Waals surface area contributed by atoms with Crippen LogP contribution in [0.3, 0.4) is 0 Å². The number of hydrogen-bond acceptors (Lipinski definition) is 5. The van der Waals surface area contributed by atoms with Crippen LogP contribution in [0.1, 0.15) is 35.5 Å². The third-order valence-electron chi connectivity index (χ3n) is 4.00. The fourth-order valence-corrected chi connectivity index (χ4v) is 2.95. The molecule has 1 amide bonds. The van der Waals surface area contributed by atoms with Crippen LogP contribution in [0.2, 0.25) is 0 Å². The number of carbonyl (C=O) groups is 1. The predicted molar refractivity (Wildman–Crippen MR) is 84.1 cm³/mol. The van der Waals surface area contributed by atoms with Gasteiger partial charge in [0.25, 0.3) is 11.6 Å². The van der Waals surface area contributed by atoms with Gasteiger partial charge in [-0.3, -0.25) is 19.6 Å². The van der Waals surface area contributed by atoms with Crippen molar-refractivity contribution in [2.75, 3.05) is 5.32 Å². The maximum absolute atomic E-state index is 12.4. The first-order chi connectivity index (χ1) is 10.8. The van der Waals surface area contributed by atoms with E-state index in [2.05, 4.69) is 15.7 Å². The monoisotopic (exact) mass is 315 g/mol. The molecule has 0 radical (unpaired) electrons. The van der Waals surface area contributed by atoms with E-state index < -0.39 is 10.8 Å². The second-order valence-electron chi connectivity index (χ2n) is 6.04. The van der Waals surface area contributed by atoms with Gasteiger partial charge < -0.3 is 10.6 Å². The third kappa shape index (κ3) is 2.57. The van der Waals surface area contributed by atoms with Crippen molar-refractivity contribution < 1.29 is 9.72 Å². The highest BCUT2D eigenvalue weighted by molar-refractivity contribution is 6.04. The Labute approximate surface area is 132 Å². The Kier molecular flexibility index (Phi) is 3.41. The van der Waals surface area contributed by atoms with Crippen LogP contribution in [0.15, 0.2) is 24.3 Å². The molecule has 0 saturated heterocycles. The van der Waals surface area contributed by atoms with Crippen LogP contribution in [0.4, 0.5) is 11.5 Å². The average Bonchev–Trinajstić information content (AvgIpc) is 2.98. The lowest BCUT2D eigenvalue weighted by Gasteiger charge is -2.19. The van der Waals surface area contributed by atoms with Gasteiger partial charge in [-0.15, -0.1) is 0 Å². The van der Waals surface area contributed by atoms with E-state index in [1.165, 1.54) is 24.3 Å². The normalized spacial score (nSPS) is 15.3. The fourth-order valence-electron chi connectivity index (χ4n) is 2.95. The van der Waals surface area contributed by atoms with Gasteiger partial charge >= 0.3 is 0 Å². The molecule has 1 aromatic heterocycles. The number of nitrogens with zero attached hydrogens (tertiary/aromatic N) is 3. The standard InChI is InChI=1S/C15H17N5O3/c1-15(2)12-11(8-16-15)13(18-19(12)3)17-14(21)9-5-4-6-10(7-9)20(22)23/h4-7,16H,8H2,1-3H3,(H,17,18,21). The molecular formula is C15H17N5O3. The van der Waals surface area contributed by atoms with Crippen molar-refractivity contribution in [3.05, 3.63) is 51.2 Å². The highest BCUT2D eigenvalue weighted by Crippen LogP contribution is 2.34. The molecular weight excluding hydrogens is 298 g/mol. The zero-order valence-corrected chi connectivity index (χ0v) is 13.1. The largest absolute Gasteiger partial charge is 0.305 e. The lowest BCUT2D eigenvalue weighted by atomic mass is 10.0. The number of rotatable bonds is 3. The van der Waals surface area contributed by atoms with E-state index in [1.807, 2.05) is 20.9 Å². The van der Waals surface area contributed by atoms with Crippen molar-refractivity contribution in [1.29, 1.82) is 0 Å². The minimum atomic E-state index is -0.526. The Bertz CT molecular complexity index is 809. The summed E-state index contributed by atoms with van der Waals surface area (Å²) in [6.45, 7) is 4.71. The van der Waals surface area contributed by atoms with Crippen LogP contribution in [-0.2, 0) is 19.1 Å². The zero-order valence-electron chi connectivity index (χ0n) is 13.1. The number of nitro benzene ring substituents is 1. The number of benzene rings is 1. The molecule has 0 saturated carbocycles. The lowest BCUT2D eigenvalue weighted by Crippen LogP contribution is -2.31. The van der Waals surface area contributed by atoms with Crippen molar-refractivity contribution in [3.8, 4) is 0 Å². The summed E-state index contributed by atoms with van der Waals surface area (Å²) < 4.78 is 1.75. The third-order valence-corrected chi connectivity index (χ3v) is 4.00. The molecule has 0 spiro atoms. The minimum Gasteiger partial charge on any atom is -0.305 e. The smallest absolute Gasteiger partial charge is 0.270 e. The Balaban J connectivity index is 1.89. The van der Waals surface area contributed by atoms with Crippen molar-refractivity contribution >= 4 is 17.4 Å². The molecule has 0 bridgehead atoms. The number of hydrogen-bond donors (Lipinski definition) is 2. The summed E-state index contributed by atoms with van der Waals surface area (Å²) >= 11 is 0. The predicted octanol–water partition coefficient (Wildman–Crippen LogP) is 1.92. The molecule has 1 aromatic carbocycles. The maximum atomic E-state index is 12.4. The van der Waals surface area contributed by atoms with E-state index in [0.29, 0.717) is 12.4 Å². The number of nitro groups is 1. The molecule has 3 rings (SSSR count). The summed E-state index contributed by atoms with van der Waals surface area (Å²) in [7, 11) is 1.83. The van der Waals surface area contributed by atoms with Crippen LogP contribution in [0, 0.1) is 10.1 Å². The number of carbonyl (C=O) groups excluding carboxylic acids is 1. The van der Waals surface area contributed by atoms with Gasteiger partial charge in [0, 0.05) is 36.9 Å². The van der Waals surface area contributed by atoms with Gasteiger partial charge in [0.15, 0.2) is 5.82 Å². The SMILES string of the molecule is Cn1nc(NC(=O)c2cccc([N+](=O)[O-])c2)c2c1C(C)(C)NC2. The first kappa shape index (κ1) is 15.2. The van der Waals surface area contributed by atoms with Crippen molar-refractivity contribution in [2.24, 2.45) is 7.05 Å². The van der Waals surface area contributed by atoms with Crippen molar-refractivity contribution in [2.45, 2.75) is 25.9 Å². The summed E-state index contributed by atoms with van der Waals surface area (Å²) in [5.74, 6) is 0.0661. The lowest BCUT2D eigenvalue weighted by molar-refractivity contribution is -0.384. The van der Waals surface area contributed by atoms with Crippen LogP contribution in [0.5, 0.6) is 0 Å². The molecule has 2 heterocycles. The highest BCUT2D eigenvalue weighted by atomic mass is 16.6. The number of non-ortho nitro benzene ring substituents is 1. The average molecular weight is 315 g/mol. The van der Waals surface area contributed by atoms with E-state index in [4.69, 9.17) is 0 Å². The summed E-state index contributed by atoms with van der Waals surface area (Å²) in [5.41, 5.74) is 1.85. The number of anilines is 1. The molecule has 23 heavy (non-hydrogen) atoms. The Hall–Kier alpha value is -2.74. The Morgan fingerprint density at radius 3 is 2.91 bits per heavy atom. The van der Waals surface area contributed by atoms with E-state index in [-0.39, 0.29) is 16.8 Å². The minimum absolute atomic E-state index is 0.119. The van der Waals surface area contributed by atoms with E-state index in [1.54, 1.807) is 4.68 Å². The molecule has 8 heteroatoms. The Morgan fingerprint density at radius 2 is 2.22 bits per heavy atom. The molecule has 0 aliphatic carbocycles. The van der Waals surface area contributed by atoms with Crippen LogP contribution < -0.4 is 10.6 Å². The second kappa shape index (κ2) is 5.17. The maximum Gasteiger partial charge on any atom is 0.270 e. The molecule has 1 aliphatic heterocycles. The van der Waals surface area contributed by atoms with Gasteiger partial charge in [-0.25, -0.2) is 0 Å². The van der Waals surface area contributed by atoms with Crippen molar-refractivity contribution in [1.82, 2.24) is 15.1 Å². The molecule has 8 nitrogen and oxygen atoms in total. The van der Waals surface area contributed by atoms with E-state index >= 15 is 0 Å². The van der Waals surface area contributed by atoms with E-state index in [0.717, 1.165) is 11.3 Å². The molecule has 120 valence electrons. The molecule has 2 aromatic rings. The number of amides is 1. The summed E-state index contributed by atoms with van der Waals surface area (Å²) in [6, 6.07) is 5.62. The molecule has 0 fully saturated rings. The summed E-state index contributed by atoms with van der Waals surface area (Å²) in [5, 5.41) is 21.3. The quantitative estimate of drug-likeness (QED) is 0.665. The number of nitrogens with one attached hydrogen (secondary N) is 2. The van der Waals surface area contributed by atoms with Gasteiger partial charge in [-0.1, -0.05) is 6.07 Å². The van der Waals surface area contributed by atoms with E-state index in [9.17, 15) is 14.9 Å². The van der Waals surface area contributed by atoms with Crippen LogP contribution in [-0.4, -0.2) is 20.6 Å². The Morgan fingerprint density at radius 1 is 1.48 bits per heavy atom. The van der Waals surface area contributed by atoms with Crippen molar-refractivity contribution in [3.63, 3.8) is 0 Å². The molecule has 0 atom stereocenters. The topological polar surface area (TPSA) is 102 Å². The molecule has 1 aliphatic rings. The van der Waals surface area contributed by atoms with Gasteiger partial charge in [0.1, 0.15) is 0 Å². The first-order valence-corrected chi connectivity index (χ1v) is 7.17. The van der Waals surface area contributed by atoms with Gasteiger partial charge in [-0.05, 0) is 19.9 Å². The second-order valence-corrected chi connectivity index (χ2v) is 6.04. The number of aromatic nitrogens is 2. The van der Waals surface area contributed by atoms with Gasteiger partial charge in [0.05, 0.1) is 16.2 Å². The number of aryl methyl sites for hydroxylation is 1. The van der Waals surface area contributed by atoms with Gasteiger partial charge in [-0.2, -0.15) is 5.10 Å². The zero-order chi connectivity index (χ0) is 16.8. The van der Waals surface area contributed by atoms with Crippen LogP contribution >= 0.6 is 0 Å². The number of fused-ring (bicyclic) bond motifs is 1. The summed E-state index contributed by atoms with van der Waals surface area (Å²) in [6.07, 6.45) is 0.